The van der Waals surface area contributed by atoms with Crippen LogP contribution in [0.25, 0.3) is 11.0 Å². The molecule has 0 radical (unpaired) electrons. The van der Waals surface area contributed by atoms with Gasteiger partial charge in [0.2, 0.25) is 5.91 Å². The third-order valence-corrected chi connectivity index (χ3v) is 6.94. The Kier molecular flexibility index (Phi) is 11.0. The first-order valence-corrected chi connectivity index (χ1v) is 13.8. The Hall–Kier alpha value is -2.88. The summed E-state index contributed by atoms with van der Waals surface area (Å²) in [7, 11) is 1.95. The minimum atomic E-state index is -4.68. The number of imidazole rings is 1. The highest BCUT2D eigenvalue weighted by atomic mass is 19.4. The summed E-state index contributed by atoms with van der Waals surface area (Å²) in [4.78, 5) is 21.7. The van der Waals surface area contributed by atoms with E-state index in [0.717, 1.165) is 54.7 Å². The number of nitrogens with zero attached hydrogens (tertiary/aromatic N) is 3. The largest absolute Gasteiger partial charge is 0.572 e. The number of fused-ring (bicyclic) bond motifs is 1. The zero-order valence-corrected chi connectivity index (χ0v) is 23.5. The van der Waals surface area contributed by atoms with Crippen LogP contribution in [0, 0.1) is 11.3 Å². The number of ether oxygens (including phenoxy) is 1. The van der Waals surface area contributed by atoms with Crippen molar-refractivity contribution in [3.63, 3.8) is 0 Å². The van der Waals surface area contributed by atoms with Gasteiger partial charge >= 0.3 is 6.36 Å². The van der Waals surface area contributed by atoms with E-state index in [2.05, 4.69) is 41.1 Å². The smallest absolute Gasteiger partial charge is 0.410 e. The zero-order valence-electron chi connectivity index (χ0n) is 23.5. The summed E-state index contributed by atoms with van der Waals surface area (Å²) < 4.78 is 43.7. The first-order chi connectivity index (χ1) is 18.4. The summed E-state index contributed by atoms with van der Waals surface area (Å²) in [6, 6.07) is 1.82. The number of aromatic nitrogens is 3. The molecule has 0 bridgehead atoms. The molecule has 1 unspecified atom stereocenters. The van der Waals surface area contributed by atoms with Gasteiger partial charge in [-0.3, -0.25) is 9.78 Å². The fourth-order valence-corrected chi connectivity index (χ4v) is 4.81. The van der Waals surface area contributed by atoms with Crippen LogP contribution in [0.4, 0.5) is 13.2 Å². The molecule has 2 aromatic rings. The highest BCUT2D eigenvalue weighted by molar-refractivity contribution is 5.77. The van der Waals surface area contributed by atoms with Crippen molar-refractivity contribution in [2.75, 3.05) is 20.1 Å². The number of carbonyl (C=O) groups is 1. The number of amides is 1. The van der Waals surface area contributed by atoms with E-state index in [-0.39, 0.29) is 18.1 Å². The van der Waals surface area contributed by atoms with Gasteiger partial charge in [-0.15, -0.1) is 13.2 Å². The average molecular weight is 550 g/mol. The topological polar surface area (TPSA) is 81.1 Å². The molecule has 10 heteroatoms. The molecule has 2 N–H and O–H groups in total. The monoisotopic (exact) mass is 549 g/mol. The van der Waals surface area contributed by atoms with Gasteiger partial charge in [0, 0.05) is 38.5 Å². The molecule has 1 aliphatic rings. The maximum atomic E-state index is 12.8. The summed E-state index contributed by atoms with van der Waals surface area (Å²) >= 11 is 0. The van der Waals surface area contributed by atoms with Gasteiger partial charge in [-0.1, -0.05) is 33.3 Å². The lowest BCUT2D eigenvalue weighted by Crippen LogP contribution is -2.31. The van der Waals surface area contributed by atoms with Crippen LogP contribution in [-0.2, 0) is 22.5 Å². The van der Waals surface area contributed by atoms with Gasteiger partial charge in [0.15, 0.2) is 0 Å². The van der Waals surface area contributed by atoms with Crippen LogP contribution in [0.1, 0.15) is 71.5 Å². The molecule has 0 aliphatic heterocycles. The maximum absolute atomic E-state index is 12.8. The number of allylic oxidation sites excluding steroid dienone is 4. The molecule has 7 nitrogen and oxygen atoms in total. The van der Waals surface area contributed by atoms with Gasteiger partial charge in [0.1, 0.15) is 11.6 Å². The van der Waals surface area contributed by atoms with E-state index in [1.54, 1.807) is 18.5 Å². The summed E-state index contributed by atoms with van der Waals surface area (Å²) in [6.45, 7) is 8.80. The van der Waals surface area contributed by atoms with Crippen LogP contribution in [-0.4, -0.2) is 46.9 Å². The fourth-order valence-electron chi connectivity index (χ4n) is 4.81. The maximum Gasteiger partial charge on any atom is 0.572 e. The first kappa shape index (κ1) is 30.7. The van der Waals surface area contributed by atoms with Crippen molar-refractivity contribution in [3.05, 3.63) is 47.8 Å². The number of hydrogen-bond donors (Lipinski definition) is 2. The van der Waals surface area contributed by atoms with Gasteiger partial charge < -0.3 is 19.9 Å². The highest BCUT2D eigenvalue weighted by Crippen LogP contribution is 2.29. The molecule has 0 saturated carbocycles. The second-order valence-electron chi connectivity index (χ2n) is 11.5. The molecule has 0 spiro atoms. The van der Waals surface area contributed by atoms with Crippen LogP contribution < -0.4 is 10.6 Å². The molecule has 2 aromatic heterocycles. The molecular weight excluding hydrogens is 507 g/mol. The molecule has 0 saturated heterocycles. The van der Waals surface area contributed by atoms with E-state index in [0.29, 0.717) is 43.7 Å². The number of aryl methyl sites for hydroxylation is 1. The molecule has 0 fully saturated rings. The second kappa shape index (κ2) is 14.0. The Morgan fingerprint density at radius 3 is 2.64 bits per heavy atom. The number of rotatable bonds is 14. The predicted octanol–water partition coefficient (Wildman–Crippen LogP) is 6.06. The number of nitrogens with one attached hydrogen (secondary N) is 2. The van der Waals surface area contributed by atoms with Gasteiger partial charge in [0.25, 0.3) is 0 Å². The van der Waals surface area contributed by atoms with Crippen molar-refractivity contribution in [1.82, 2.24) is 25.2 Å². The van der Waals surface area contributed by atoms with E-state index in [4.69, 9.17) is 4.98 Å². The Balaban J connectivity index is 1.61. The lowest BCUT2D eigenvalue weighted by atomic mass is 9.87. The van der Waals surface area contributed by atoms with Crippen LogP contribution in [0.3, 0.4) is 0 Å². The van der Waals surface area contributed by atoms with E-state index in [1.807, 2.05) is 17.7 Å². The Morgan fingerprint density at radius 2 is 1.97 bits per heavy atom. The molecular formula is C29H42F3N5O2. The average Bonchev–Trinajstić information content (AvgIpc) is 3.21. The van der Waals surface area contributed by atoms with Crippen LogP contribution >= 0.6 is 0 Å². The number of hydrogen-bond acceptors (Lipinski definition) is 5. The molecule has 2 heterocycles. The Morgan fingerprint density at radius 1 is 1.18 bits per heavy atom. The van der Waals surface area contributed by atoms with Crippen molar-refractivity contribution in [2.45, 2.75) is 85.0 Å². The molecule has 1 atom stereocenters. The Bertz CT molecular complexity index is 1150. The minimum Gasteiger partial charge on any atom is -0.410 e. The summed E-state index contributed by atoms with van der Waals surface area (Å²) in [5.74, 6) is 1.08. The minimum absolute atomic E-state index is 0.00855. The first-order valence-electron chi connectivity index (χ1n) is 13.8. The molecule has 0 aromatic carbocycles. The number of alkyl halides is 3. The standard InChI is InChI=1S/C29H42F3N5O2/c1-28(2,3)15-5-6-21(13-16-33-4)18-35-27(38)12-11-26-36-24-14-17-34-19-25(24)37(26)20-22-7-9-23(10-8-22)39-29(30,31)32/h7,9,14,17,19,21,33H,5-6,8,10-13,15-16,18,20H2,1-4H3,(H,35,38). The van der Waals surface area contributed by atoms with Gasteiger partial charge in [-0.05, 0) is 68.3 Å². The van der Waals surface area contributed by atoms with Crippen molar-refractivity contribution in [3.8, 4) is 0 Å². The lowest BCUT2D eigenvalue weighted by molar-refractivity contribution is -0.306. The van der Waals surface area contributed by atoms with Crippen LogP contribution in [0.5, 0.6) is 0 Å². The van der Waals surface area contributed by atoms with E-state index >= 15 is 0 Å². The van der Waals surface area contributed by atoms with Crippen molar-refractivity contribution < 1.29 is 22.7 Å². The second-order valence-corrected chi connectivity index (χ2v) is 11.5. The van der Waals surface area contributed by atoms with E-state index in [1.165, 1.54) is 6.08 Å². The summed E-state index contributed by atoms with van der Waals surface area (Å²) in [5, 5.41) is 6.34. The summed E-state index contributed by atoms with van der Waals surface area (Å²) in [6.07, 6.45) is 7.56. The summed E-state index contributed by atoms with van der Waals surface area (Å²) in [5.41, 5.74) is 2.88. The van der Waals surface area contributed by atoms with E-state index < -0.39 is 6.36 Å². The molecule has 1 amide bonds. The molecule has 216 valence electrons. The third kappa shape index (κ3) is 10.7. The van der Waals surface area contributed by atoms with Gasteiger partial charge in [-0.25, -0.2) is 4.98 Å². The van der Waals surface area contributed by atoms with Crippen molar-refractivity contribution in [2.24, 2.45) is 11.3 Å². The van der Waals surface area contributed by atoms with Crippen molar-refractivity contribution >= 4 is 16.9 Å². The van der Waals surface area contributed by atoms with E-state index in [9.17, 15) is 18.0 Å². The highest BCUT2D eigenvalue weighted by Gasteiger charge is 2.32. The molecule has 1 aliphatic carbocycles. The quantitative estimate of drug-likeness (QED) is 0.299. The number of carbonyl (C=O) groups excluding carboxylic acids is 1. The van der Waals surface area contributed by atoms with Gasteiger partial charge in [0.05, 0.1) is 17.2 Å². The van der Waals surface area contributed by atoms with Gasteiger partial charge in [-0.2, -0.15) is 0 Å². The van der Waals surface area contributed by atoms with Crippen LogP contribution in [0.15, 0.2) is 41.9 Å². The lowest BCUT2D eigenvalue weighted by Gasteiger charge is -2.22. The number of pyridine rings is 1. The number of halogens is 3. The third-order valence-electron chi connectivity index (χ3n) is 6.94. The molecule has 3 rings (SSSR count). The zero-order chi connectivity index (χ0) is 28.5. The molecule has 39 heavy (non-hydrogen) atoms. The normalized spacial score (nSPS) is 15.2. The predicted molar refractivity (Wildman–Crippen MR) is 147 cm³/mol. The van der Waals surface area contributed by atoms with Crippen molar-refractivity contribution in [1.29, 1.82) is 0 Å². The van der Waals surface area contributed by atoms with Crippen LogP contribution in [0.2, 0.25) is 0 Å². The fraction of sp³-hybridized carbons (Fsp3) is 0.621. The SMILES string of the molecule is CNCCC(CCCC(C)(C)C)CNC(=O)CCc1nc2ccncc2n1CC1=CC=C(OC(F)(F)F)CC1. The Labute approximate surface area is 229 Å².